The zero-order chi connectivity index (χ0) is 24.8. The summed E-state index contributed by atoms with van der Waals surface area (Å²) < 4.78 is 8.87. The van der Waals surface area contributed by atoms with Gasteiger partial charge in [0.2, 0.25) is 0 Å². The molecular formula is C34H19N3O. The van der Waals surface area contributed by atoms with Crippen molar-refractivity contribution >= 4 is 65.6 Å². The molecule has 176 valence electrons. The number of nitrogens with zero attached hydrogens (tertiary/aromatic N) is 3. The van der Waals surface area contributed by atoms with Crippen LogP contribution in [0.3, 0.4) is 0 Å². The van der Waals surface area contributed by atoms with Crippen LogP contribution >= 0.6 is 0 Å². The second kappa shape index (κ2) is 7.17. The predicted molar refractivity (Wildman–Crippen MR) is 155 cm³/mol. The van der Waals surface area contributed by atoms with Gasteiger partial charge >= 0.3 is 0 Å². The van der Waals surface area contributed by atoms with Gasteiger partial charge in [0, 0.05) is 27.1 Å². The highest BCUT2D eigenvalue weighted by Gasteiger charge is 2.24. The van der Waals surface area contributed by atoms with Crippen LogP contribution in [0.15, 0.2) is 120 Å². The Morgan fingerprint density at radius 3 is 1.68 bits per heavy atom. The molecule has 3 aromatic heterocycles. The molecule has 0 radical (unpaired) electrons. The van der Waals surface area contributed by atoms with Crippen molar-refractivity contribution in [3.63, 3.8) is 0 Å². The average molecular weight is 486 g/mol. The highest BCUT2D eigenvalue weighted by atomic mass is 16.3. The van der Waals surface area contributed by atoms with Crippen LogP contribution in [0, 0.1) is 0 Å². The number of fused-ring (bicyclic) bond motifs is 1. The fraction of sp³-hybridized carbons (Fsp3) is 0. The summed E-state index contributed by atoms with van der Waals surface area (Å²) >= 11 is 0. The third kappa shape index (κ3) is 2.53. The first-order chi connectivity index (χ1) is 18.8. The van der Waals surface area contributed by atoms with E-state index in [0.717, 1.165) is 71.9 Å². The van der Waals surface area contributed by atoms with Crippen molar-refractivity contribution in [1.29, 1.82) is 0 Å². The molecular weight excluding hydrogens is 466 g/mol. The summed E-state index contributed by atoms with van der Waals surface area (Å²) in [5.41, 5.74) is 7.59. The van der Waals surface area contributed by atoms with Crippen LogP contribution < -0.4 is 0 Å². The van der Waals surface area contributed by atoms with E-state index in [0.29, 0.717) is 0 Å². The van der Waals surface area contributed by atoms with Gasteiger partial charge in [-0.2, -0.15) is 0 Å². The monoisotopic (exact) mass is 485 g/mol. The van der Waals surface area contributed by atoms with Crippen molar-refractivity contribution in [2.45, 2.75) is 0 Å². The lowest BCUT2D eigenvalue weighted by atomic mass is 10.00. The van der Waals surface area contributed by atoms with Crippen LogP contribution in [-0.2, 0) is 0 Å². The first-order valence-corrected chi connectivity index (χ1v) is 12.8. The Hall–Kier alpha value is -5.22. The van der Waals surface area contributed by atoms with E-state index in [2.05, 4.69) is 89.5 Å². The third-order valence-corrected chi connectivity index (χ3v) is 7.73. The summed E-state index contributed by atoms with van der Waals surface area (Å²) in [6, 6.07) is 39.8. The van der Waals surface area contributed by atoms with Crippen molar-refractivity contribution in [3.05, 3.63) is 115 Å². The number of para-hydroxylation sites is 2. The van der Waals surface area contributed by atoms with Crippen molar-refractivity contribution in [1.82, 2.24) is 14.5 Å². The molecule has 0 saturated carbocycles. The Balaban J connectivity index is 1.57. The molecule has 0 bridgehead atoms. The van der Waals surface area contributed by atoms with Crippen LogP contribution in [0.25, 0.3) is 82.6 Å². The molecule has 9 rings (SSSR count). The number of hydrogen-bond donors (Lipinski definition) is 0. The lowest BCUT2D eigenvalue weighted by molar-refractivity contribution is 0.664. The predicted octanol–water partition coefficient (Wildman–Crippen LogP) is 8.88. The molecule has 0 aliphatic heterocycles. The summed E-state index contributed by atoms with van der Waals surface area (Å²) in [5.74, 6) is 0.824. The second-order valence-electron chi connectivity index (χ2n) is 9.82. The lowest BCUT2D eigenvalue weighted by Gasteiger charge is -2.14. The molecule has 0 aliphatic carbocycles. The van der Waals surface area contributed by atoms with Crippen LogP contribution in [0.5, 0.6) is 0 Å². The van der Waals surface area contributed by atoms with Crippen LogP contribution in [0.2, 0.25) is 0 Å². The molecule has 38 heavy (non-hydrogen) atoms. The Kier molecular flexibility index (Phi) is 3.76. The standard InChI is InChI=1S/C34H19N3O/c1-2-8-22(9-3-1)33-34(36-24-13-5-4-12-23(24)35-33)37-25-18-16-20-10-6-14-27-29(20)31(25)32-26(37)19-17-21-11-7-15-28(38-27)30(21)32/h1-19H. The van der Waals surface area contributed by atoms with Crippen molar-refractivity contribution in [3.8, 4) is 17.1 Å². The van der Waals surface area contributed by atoms with E-state index in [1.165, 1.54) is 10.8 Å². The van der Waals surface area contributed by atoms with E-state index in [4.69, 9.17) is 14.4 Å². The van der Waals surface area contributed by atoms with E-state index in [1.807, 2.05) is 30.3 Å². The average Bonchev–Trinajstić information content (AvgIpc) is 3.23. The maximum Gasteiger partial charge on any atom is 0.165 e. The molecule has 0 unspecified atom stereocenters. The van der Waals surface area contributed by atoms with Gasteiger partial charge in [-0.15, -0.1) is 0 Å². The van der Waals surface area contributed by atoms with Gasteiger partial charge < -0.3 is 4.42 Å². The first kappa shape index (κ1) is 19.9. The van der Waals surface area contributed by atoms with Crippen molar-refractivity contribution in [2.75, 3.05) is 0 Å². The molecule has 0 atom stereocenters. The SMILES string of the molecule is c1ccc(-c2nc3ccccc3nc2-n2c3ccc4cccc5oc6cccc7ccc2c(c76)c3c45)cc1. The largest absolute Gasteiger partial charge is 0.456 e. The minimum Gasteiger partial charge on any atom is -0.456 e. The topological polar surface area (TPSA) is 43.9 Å². The van der Waals surface area contributed by atoms with Gasteiger partial charge in [0.1, 0.15) is 16.9 Å². The number of hydrogen-bond acceptors (Lipinski definition) is 3. The smallest absolute Gasteiger partial charge is 0.165 e. The molecule has 6 aromatic carbocycles. The molecule has 0 spiro atoms. The van der Waals surface area contributed by atoms with E-state index in [1.54, 1.807) is 0 Å². The van der Waals surface area contributed by atoms with Crippen LogP contribution in [0.4, 0.5) is 0 Å². The van der Waals surface area contributed by atoms with E-state index in [9.17, 15) is 0 Å². The molecule has 0 saturated heterocycles. The molecule has 4 nitrogen and oxygen atoms in total. The zero-order valence-electron chi connectivity index (χ0n) is 20.2. The van der Waals surface area contributed by atoms with E-state index in [-0.39, 0.29) is 0 Å². The quantitative estimate of drug-likeness (QED) is 0.246. The third-order valence-electron chi connectivity index (χ3n) is 7.73. The molecule has 9 aromatic rings. The van der Waals surface area contributed by atoms with Gasteiger partial charge in [-0.3, -0.25) is 4.57 Å². The molecule has 4 heteroatoms. The molecule has 0 N–H and O–H groups in total. The van der Waals surface area contributed by atoms with Gasteiger partial charge in [0.15, 0.2) is 5.82 Å². The number of benzene rings is 6. The van der Waals surface area contributed by atoms with Gasteiger partial charge in [-0.1, -0.05) is 78.9 Å². The summed E-state index contributed by atoms with van der Waals surface area (Å²) in [6.45, 7) is 0. The first-order valence-electron chi connectivity index (χ1n) is 12.8. The summed E-state index contributed by atoms with van der Waals surface area (Å²) in [4.78, 5) is 10.4. The van der Waals surface area contributed by atoms with Gasteiger partial charge in [0.05, 0.1) is 22.1 Å². The Bertz CT molecular complexity index is 2240. The van der Waals surface area contributed by atoms with Gasteiger partial charge in [-0.05, 0) is 47.2 Å². The molecule has 0 aliphatic rings. The minimum atomic E-state index is 0.824. The van der Waals surface area contributed by atoms with Crippen LogP contribution in [0.1, 0.15) is 0 Å². The fourth-order valence-corrected chi connectivity index (χ4v) is 6.13. The van der Waals surface area contributed by atoms with Crippen molar-refractivity contribution in [2.24, 2.45) is 0 Å². The minimum absolute atomic E-state index is 0.824. The zero-order valence-corrected chi connectivity index (χ0v) is 20.2. The van der Waals surface area contributed by atoms with Gasteiger partial charge in [0.25, 0.3) is 0 Å². The second-order valence-corrected chi connectivity index (χ2v) is 9.82. The van der Waals surface area contributed by atoms with E-state index < -0.39 is 0 Å². The number of aromatic nitrogens is 3. The molecule has 0 fully saturated rings. The molecule has 0 amide bonds. The molecule has 3 heterocycles. The van der Waals surface area contributed by atoms with Crippen molar-refractivity contribution < 1.29 is 4.42 Å². The number of rotatable bonds is 2. The van der Waals surface area contributed by atoms with Gasteiger partial charge in [-0.25, -0.2) is 9.97 Å². The maximum atomic E-state index is 6.57. The Morgan fingerprint density at radius 1 is 0.474 bits per heavy atom. The van der Waals surface area contributed by atoms with E-state index >= 15 is 0 Å². The summed E-state index contributed by atoms with van der Waals surface area (Å²) in [6.07, 6.45) is 0. The highest BCUT2D eigenvalue weighted by molar-refractivity contribution is 6.33. The normalized spacial score (nSPS) is 12.2. The fourth-order valence-electron chi connectivity index (χ4n) is 6.13. The Morgan fingerprint density at radius 2 is 1.05 bits per heavy atom. The summed E-state index contributed by atoms with van der Waals surface area (Å²) in [7, 11) is 0. The summed E-state index contributed by atoms with van der Waals surface area (Å²) in [5, 5.41) is 6.97. The lowest BCUT2D eigenvalue weighted by Crippen LogP contribution is -2.03. The van der Waals surface area contributed by atoms with Crippen LogP contribution in [-0.4, -0.2) is 14.5 Å². The highest BCUT2D eigenvalue weighted by Crippen LogP contribution is 2.45. The maximum absolute atomic E-state index is 6.57. The Labute approximate surface area is 216 Å².